The predicted octanol–water partition coefficient (Wildman–Crippen LogP) is 5.86. The van der Waals surface area contributed by atoms with Crippen LogP contribution in [0.25, 0.3) is 11.1 Å². The van der Waals surface area contributed by atoms with Gasteiger partial charge in [-0.3, -0.25) is 0 Å². The van der Waals surface area contributed by atoms with E-state index in [9.17, 15) is 39.2 Å². The fourth-order valence-corrected chi connectivity index (χ4v) is 4.61. The second kappa shape index (κ2) is 6.83. The van der Waals surface area contributed by atoms with Crippen molar-refractivity contribution in [3.8, 4) is 0 Å². The zero-order chi connectivity index (χ0) is 22.0. The van der Waals surface area contributed by atoms with Crippen LogP contribution in [0.4, 0.5) is 30.7 Å². The molecule has 0 unspecified atom stereocenters. The Hall–Kier alpha value is -2.36. The van der Waals surface area contributed by atoms with Gasteiger partial charge in [0, 0.05) is 0 Å². The summed E-state index contributed by atoms with van der Waals surface area (Å²) in [5.74, 6) is -13.8. The van der Waals surface area contributed by atoms with Gasteiger partial charge in [0.25, 0.3) is 0 Å². The van der Waals surface area contributed by atoms with Gasteiger partial charge in [0.2, 0.25) is 15.7 Å². The molecule has 4 rings (SSSR count). The van der Waals surface area contributed by atoms with Crippen molar-refractivity contribution in [2.45, 2.75) is 36.3 Å². The van der Waals surface area contributed by atoms with Crippen LogP contribution < -0.4 is 0 Å². The van der Waals surface area contributed by atoms with Crippen molar-refractivity contribution in [2.24, 2.45) is 5.41 Å². The molecule has 1 spiro atoms. The Kier molecular flexibility index (Phi) is 4.76. The van der Waals surface area contributed by atoms with Crippen molar-refractivity contribution in [1.29, 1.82) is 0 Å². The Morgan fingerprint density at radius 2 is 1.20 bits per heavy atom. The smallest absolute Gasteiger partial charge is 0.218 e. The van der Waals surface area contributed by atoms with Crippen molar-refractivity contribution in [2.75, 3.05) is 0 Å². The summed E-state index contributed by atoms with van der Waals surface area (Å²) in [6.45, 7) is 0. The second-order valence-electron chi connectivity index (χ2n) is 7.59. The minimum atomic E-state index is -4.83. The lowest BCUT2D eigenvalue weighted by Gasteiger charge is -2.13. The predicted molar refractivity (Wildman–Crippen MR) is 93.6 cm³/mol. The summed E-state index contributed by atoms with van der Waals surface area (Å²) in [6.07, 6.45) is 1.79. The van der Waals surface area contributed by atoms with Gasteiger partial charge < -0.3 is 0 Å². The normalized spacial score (nSPS) is 18.0. The fourth-order valence-electron chi connectivity index (χ4n) is 3.89. The van der Waals surface area contributed by atoms with Crippen LogP contribution in [0.15, 0.2) is 29.2 Å². The van der Waals surface area contributed by atoms with E-state index >= 15 is 0 Å². The first-order valence-electron chi connectivity index (χ1n) is 8.85. The van der Waals surface area contributed by atoms with Crippen LogP contribution in [0, 0.1) is 34.5 Å². The summed E-state index contributed by atoms with van der Waals surface area (Å²) in [7, 11) is -4.83. The first kappa shape index (κ1) is 20.9. The highest BCUT2D eigenvalue weighted by molar-refractivity contribution is 7.91. The second-order valence-corrected chi connectivity index (χ2v) is 9.50. The molecule has 0 radical (unpaired) electrons. The molecule has 0 saturated heterocycles. The summed E-state index contributed by atoms with van der Waals surface area (Å²) in [6, 6.07) is 4.24. The molecule has 0 amide bonds. The Bertz CT molecular complexity index is 1150. The monoisotopic (exact) mass is 450 g/mol. The minimum Gasteiger partial charge on any atom is -0.218 e. The van der Waals surface area contributed by atoms with E-state index in [0.717, 1.165) is 12.1 Å². The van der Waals surface area contributed by atoms with E-state index in [0.29, 0.717) is 24.8 Å². The van der Waals surface area contributed by atoms with Crippen LogP contribution >= 0.6 is 0 Å². The molecule has 160 valence electrons. The molecule has 1 saturated carbocycles. The molecule has 0 heterocycles. The van der Waals surface area contributed by atoms with Crippen LogP contribution in [0.5, 0.6) is 0 Å². The fraction of sp³-hybridized carbons (Fsp3) is 0.300. The summed E-state index contributed by atoms with van der Waals surface area (Å²) < 4.78 is 118. The third-order valence-corrected chi connectivity index (χ3v) is 7.10. The largest absolute Gasteiger partial charge is 0.341 e. The molecule has 2 aliphatic carbocycles. The number of benzene rings is 2. The average molecular weight is 450 g/mol. The van der Waals surface area contributed by atoms with Gasteiger partial charge in [-0.25, -0.2) is 30.4 Å². The van der Waals surface area contributed by atoms with Gasteiger partial charge in [-0.05, 0) is 59.9 Å². The quantitative estimate of drug-likeness (QED) is 0.332. The van der Waals surface area contributed by atoms with Crippen molar-refractivity contribution in [3.05, 3.63) is 64.5 Å². The third kappa shape index (κ3) is 3.12. The average Bonchev–Trinajstić information content (AvgIpc) is 3.37. The molecule has 0 aromatic heterocycles. The maximum atomic E-state index is 14.4. The number of sulfone groups is 1. The number of allylic oxidation sites excluding steroid dienone is 2. The first-order valence-corrected chi connectivity index (χ1v) is 10.4. The number of hydrogen-bond acceptors (Lipinski definition) is 2. The molecule has 30 heavy (non-hydrogen) atoms. The van der Waals surface area contributed by atoms with Gasteiger partial charge in [0.1, 0.15) is 0 Å². The van der Waals surface area contributed by atoms with E-state index in [-0.39, 0.29) is 23.0 Å². The molecule has 2 nitrogen and oxygen atoms in total. The van der Waals surface area contributed by atoms with Crippen molar-refractivity contribution in [3.63, 3.8) is 0 Å². The lowest BCUT2D eigenvalue weighted by Crippen LogP contribution is -2.11. The summed E-state index contributed by atoms with van der Waals surface area (Å²) in [4.78, 5) is -0.640. The number of halogens is 7. The highest BCUT2D eigenvalue weighted by atomic mass is 32.2. The molecule has 0 bridgehead atoms. The van der Waals surface area contributed by atoms with E-state index in [4.69, 9.17) is 0 Å². The zero-order valence-corrected chi connectivity index (χ0v) is 15.9. The molecule has 0 atom stereocenters. The number of rotatable bonds is 4. The standard InChI is InChI=1S/C20H13F7O2S/c21-14-13(15(22)17(24)18(25)16(14)23)12-8-20(5-6-20)7-11(12)9-1-3-10(4-2-9)30(28,29)19(26)27/h1-4,19H,5-8H2. The molecule has 1 fully saturated rings. The highest BCUT2D eigenvalue weighted by Gasteiger charge is 2.49. The van der Waals surface area contributed by atoms with E-state index in [1.54, 1.807) is 0 Å². The van der Waals surface area contributed by atoms with Gasteiger partial charge in [-0.2, -0.15) is 8.78 Å². The summed E-state index contributed by atoms with van der Waals surface area (Å²) in [5.41, 5.74) is -0.833. The molecule has 2 aromatic rings. The topological polar surface area (TPSA) is 34.1 Å². The Labute approximate surface area is 166 Å². The molecule has 2 aliphatic rings. The molecule has 0 aliphatic heterocycles. The van der Waals surface area contributed by atoms with Crippen LogP contribution in [0.3, 0.4) is 0 Å². The van der Waals surface area contributed by atoms with Gasteiger partial charge in [-0.15, -0.1) is 0 Å². The van der Waals surface area contributed by atoms with Gasteiger partial charge in [0.05, 0.1) is 10.5 Å². The zero-order valence-electron chi connectivity index (χ0n) is 15.1. The third-order valence-electron chi connectivity index (χ3n) is 5.70. The van der Waals surface area contributed by atoms with Crippen LogP contribution in [-0.4, -0.2) is 14.2 Å². The van der Waals surface area contributed by atoms with E-state index in [1.807, 2.05) is 0 Å². The Morgan fingerprint density at radius 3 is 1.67 bits per heavy atom. The molecule has 0 N–H and O–H groups in total. The van der Waals surface area contributed by atoms with E-state index < -0.39 is 55.1 Å². The lowest BCUT2D eigenvalue weighted by atomic mass is 9.96. The van der Waals surface area contributed by atoms with Crippen molar-refractivity contribution in [1.82, 2.24) is 0 Å². The van der Waals surface area contributed by atoms with Crippen LogP contribution in [0.2, 0.25) is 0 Å². The number of hydrogen-bond donors (Lipinski definition) is 0. The molecule has 10 heteroatoms. The van der Waals surface area contributed by atoms with Gasteiger partial charge in [0.15, 0.2) is 23.3 Å². The van der Waals surface area contributed by atoms with E-state index in [1.165, 1.54) is 12.1 Å². The van der Waals surface area contributed by atoms with Gasteiger partial charge in [-0.1, -0.05) is 12.1 Å². The number of alkyl halides is 2. The van der Waals surface area contributed by atoms with E-state index in [2.05, 4.69) is 0 Å². The van der Waals surface area contributed by atoms with Crippen LogP contribution in [0.1, 0.15) is 36.8 Å². The Balaban J connectivity index is 1.87. The summed E-state index contributed by atoms with van der Waals surface area (Å²) in [5, 5.41) is 0. The minimum absolute atomic E-state index is 0.0511. The molecule has 2 aromatic carbocycles. The maximum absolute atomic E-state index is 14.4. The lowest BCUT2D eigenvalue weighted by molar-refractivity contribution is 0.234. The molecular weight excluding hydrogens is 437 g/mol. The van der Waals surface area contributed by atoms with Crippen LogP contribution in [-0.2, 0) is 9.84 Å². The Morgan fingerprint density at radius 1 is 0.733 bits per heavy atom. The highest BCUT2D eigenvalue weighted by Crippen LogP contribution is 2.63. The maximum Gasteiger partial charge on any atom is 0.341 e. The first-order chi connectivity index (χ1) is 14.0. The van der Waals surface area contributed by atoms with Crippen molar-refractivity contribution >= 4 is 21.0 Å². The SMILES string of the molecule is O=S(=O)(c1ccc(C2=C(c3c(F)c(F)c(F)c(F)c3F)CC3(CC3)C2)cc1)C(F)F. The van der Waals surface area contributed by atoms with Crippen molar-refractivity contribution < 1.29 is 39.2 Å². The van der Waals surface area contributed by atoms with Gasteiger partial charge >= 0.3 is 5.76 Å². The summed E-state index contributed by atoms with van der Waals surface area (Å²) >= 11 is 0. The molecular formula is C20H13F7O2S.